The van der Waals surface area contributed by atoms with E-state index in [1.54, 1.807) is 11.3 Å². The summed E-state index contributed by atoms with van der Waals surface area (Å²) in [6, 6.07) is 4.87. The van der Waals surface area contributed by atoms with E-state index in [0.717, 1.165) is 47.9 Å². The summed E-state index contributed by atoms with van der Waals surface area (Å²) < 4.78 is 5.85. The van der Waals surface area contributed by atoms with E-state index in [0.29, 0.717) is 0 Å². The van der Waals surface area contributed by atoms with Gasteiger partial charge in [-0.1, -0.05) is 0 Å². The lowest BCUT2D eigenvalue weighted by Gasteiger charge is -2.13. The molecule has 0 bridgehead atoms. The van der Waals surface area contributed by atoms with Gasteiger partial charge in [0.2, 0.25) is 0 Å². The van der Waals surface area contributed by atoms with Crippen molar-refractivity contribution in [2.24, 2.45) is 0 Å². The molecule has 2 aromatic rings. The molecule has 1 aliphatic carbocycles. The first-order valence-electron chi connectivity index (χ1n) is 7.09. The number of hydrogen-bond acceptors (Lipinski definition) is 5. The Kier molecular flexibility index (Phi) is 4.19. The maximum Gasteiger partial charge on any atom is 0.118 e. The second-order valence-electron chi connectivity index (χ2n) is 5.55. The third-order valence-electron chi connectivity index (χ3n) is 3.38. The lowest BCUT2D eigenvalue weighted by molar-refractivity contribution is 0.280. The molecule has 0 saturated heterocycles. The molecule has 3 rings (SSSR count). The average Bonchev–Trinajstić information content (AvgIpc) is 3.00. The van der Waals surface area contributed by atoms with Gasteiger partial charge in [-0.25, -0.2) is 4.98 Å². The van der Waals surface area contributed by atoms with Crippen LogP contribution < -0.4 is 5.32 Å². The number of rotatable bonds is 7. The minimum atomic E-state index is 0.721. The summed E-state index contributed by atoms with van der Waals surface area (Å²) in [4.78, 5) is 6.72. The van der Waals surface area contributed by atoms with Gasteiger partial charge in [0.15, 0.2) is 0 Å². The third-order valence-corrected chi connectivity index (χ3v) is 4.21. The predicted molar refractivity (Wildman–Crippen MR) is 80.6 cm³/mol. The zero-order chi connectivity index (χ0) is 13.9. The molecular formula is C15H21N3OS. The van der Waals surface area contributed by atoms with Crippen molar-refractivity contribution in [3.8, 4) is 0 Å². The van der Waals surface area contributed by atoms with Crippen LogP contribution in [0, 0.1) is 6.92 Å². The van der Waals surface area contributed by atoms with Crippen LogP contribution in [0.15, 0.2) is 21.9 Å². The molecule has 2 heterocycles. The Morgan fingerprint density at radius 2 is 2.15 bits per heavy atom. The van der Waals surface area contributed by atoms with Crippen LogP contribution >= 0.6 is 11.3 Å². The Morgan fingerprint density at radius 3 is 2.85 bits per heavy atom. The first-order chi connectivity index (χ1) is 9.69. The first kappa shape index (κ1) is 13.8. The molecule has 1 aliphatic rings. The SMILES string of the molecule is Cc1nc(CN(C)Cc2ccc(CNC3CC3)o2)cs1. The van der Waals surface area contributed by atoms with Crippen LogP contribution in [0.25, 0.3) is 0 Å². The molecule has 1 N–H and O–H groups in total. The van der Waals surface area contributed by atoms with E-state index in [4.69, 9.17) is 4.42 Å². The van der Waals surface area contributed by atoms with Gasteiger partial charge in [-0.05, 0) is 38.9 Å². The summed E-state index contributed by atoms with van der Waals surface area (Å²) in [6.07, 6.45) is 2.62. The van der Waals surface area contributed by atoms with Gasteiger partial charge in [-0.2, -0.15) is 0 Å². The Bertz CT molecular complexity index is 559. The van der Waals surface area contributed by atoms with E-state index >= 15 is 0 Å². The van der Waals surface area contributed by atoms with Crippen molar-refractivity contribution < 1.29 is 4.42 Å². The van der Waals surface area contributed by atoms with Gasteiger partial charge >= 0.3 is 0 Å². The standard InChI is InChI=1S/C15H21N3OS/c1-11-17-13(10-20-11)8-18(2)9-15-6-5-14(19-15)7-16-12-3-4-12/h5-6,10,12,16H,3-4,7-9H2,1-2H3. The summed E-state index contributed by atoms with van der Waals surface area (Å²) in [6.45, 7) is 4.57. The normalized spacial score (nSPS) is 15.2. The molecule has 5 heteroatoms. The largest absolute Gasteiger partial charge is 0.463 e. The molecule has 108 valence electrons. The van der Waals surface area contributed by atoms with Gasteiger partial charge in [0.1, 0.15) is 11.5 Å². The summed E-state index contributed by atoms with van der Waals surface area (Å²) in [7, 11) is 2.10. The summed E-state index contributed by atoms with van der Waals surface area (Å²) in [5.41, 5.74) is 1.14. The molecule has 4 nitrogen and oxygen atoms in total. The van der Waals surface area contributed by atoms with Gasteiger partial charge in [0, 0.05) is 18.0 Å². The molecule has 1 saturated carbocycles. The minimum Gasteiger partial charge on any atom is -0.463 e. The Morgan fingerprint density at radius 1 is 1.35 bits per heavy atom. The second-order valence-corrected chi connectivity index (χ2v) is 6.62. The molecule has 2 aromatic heterocycles. The van der Waals surface area contributed by atoms with Crippen LogP contribution in [0.2, 0.25) is 0 Å². The molecule has 0 atom stereocenters. The first-order valence-corrected chi connectivity index (χ1v) is 7.97. The van der Waals surface area contributed by atoms with Gasteiger partial charge in [0.25, 0.3) is 0 Å². The monoisotopic (exact) mass is 291 g/mol. The highest BCUT2D eigenvalue weighted by Crippen LogP contribution is 2.20. The number of nitrogens with zero attached hydrogens (tertiary/aromatic N) is 2. The van der Waals surface area contributed by atoms with Gasteiger partial charge < -0.3 is 9.73 Å². The van der Waals surface area contributed by atoms with Crippen LogP contribution in [-0.2, 0) is 19.6 Å². The Hall–Kier alpha value is -1.17. The predicted octanol–water partition coefficient (Wildman–Crippen LogP) is 2.93. The van der Waals surface area contributed by atoms with E-state index < -0.39 is 0 Å². The van der Waals surface area contributed by atoms with E-state index in [1.807, 2.05) is 6.92 Å². The minimum absolute atomic E-state index is 0.721. The van der Waals surface area contributed by atoms with Crippen molar-refractivity contribution in [2.75, 3.05) is 7.05 Å². The van der Waals surface area contributed by atoms with E-state index in [9.17, 15) is 0 Å². The maximum atomic E-state index is 5.85. The van der Waals surface area contributed by atoms with Crippen LogP contribution in [0.5, 0.6) is 0 Å². The van der Waals surface area contributed by atoms with Gasteiger partial charge in [-0.15, -0.1) is 11.3 Å². The van der Waals surface area contributed by atoms with E-state index in [1.165, 1.54) is 12.8 Å². The molecule has 0 amide bonds. The van der Waals surface area contributed by atoms with Crippen LogP contribution in [0.3, 0.4) is 0 Å². The Labute approximate surface area is 123 Å². The summed E-state index contributed by atoms with van der Waals surface area (Å²) in [5, 5.41) is 6.71. The zero-order valence-electron chi connectivity index (χ0n) is 12.1. The third kappa shape index (κ3) is 3.91. The molecular weight excluding hydrogens is 270 g/mol. The number of thiazole rings is 1. The fourth-order valence-corrected chi connectivity index (χ4v) is 2.82. The Balaban J connectivity index is 1.48. The van der Waals surface area contributed by atoms with Crippen LogP contribution in [0.1, 0.15) is 35.1 Å². The maximum absolute atomic E-state index is 5.85. The number of aromatic nitrogens is 1. The molecule has 0 spiro atoms. The molecule has 0 unspecified atom stereocenters. The molecule has 0 aliphatic heterocycles. The quantitative estimate of drug-likeness (QED) is 0.851. The topological polar surface area (TPSA) is 41.3 Å². The summed E-state index contributed by atoms with van der Waals surface area (Å²) in [5.74, 6) is 2.05. The number of aryl methyl sites for hydroxylation is 1. The molecule has 1 fully saturated rings. The van der Waals surface area contributed by atoms with Crippen molar-refractivity contribution in [1.82, 2.24) is 15.2 Å². The van der Waals surface area contributed by atoms with Crippen LogP contribution in [-0.4, -0.2) is 23.0 Å². The number of furan rings is 1. The zero-order valence-corrected chi connectivity index (χ0v) is 12.9. The molecule has 20 heavy (non-hydrogen) atoms. The van der Waals surface area contributed by atoms with Gasteiger partial charge in [-0.3, -0.25) is 4.90 Å². The van der Waals surface area contributed by atoms with Gasteiger partial charge in [0.05, 0.1) is 23.8 Å². The van der Waals surface area contributed by atoms with Crippen molar-refractivity contribution in [2.45, 2.75) is 45.4 Å². The lowest BCUT2D eigenvalue weighted by Crippen LogP contribution is -2.17. The highest BCUT2D eigenvalue weighted by molar-refractivity contribution is 7.09. The number of hydrogen-bond donors (Lipinski definition) is 1. The van der Waals surface area contributed by atoms with Crippen molar-refractivity contribution >= 4 is 11.3 Å². The average molecular weight is 291 g/mol. The number of nitrogens with one attached hydrogen (secondary N) is 1. The fourth-order valence-electron chi connectivity index (χ4n) is 2.21. The molecule has 0 aromatic carbocycles. The van der Waals surface area contributed by atoms with Crippen molar-refractivity contribution in [1.29, 1.82) is 0 Å². The van der Waals surface area contributed by atoms with Crippen molar-refractivity contribution in [3.05, 3.63) is 39.7 Å². The fraction of sp³-hybridized carbons (Fsp3) is 0.533. The highest BCUT2D eigenvalue weighted by Gasteiger charge is 2.20. The van der Waals surface area contributed by atoms with E-state index in [2.05, 4.69) is 39.8 Å². The summed E-state index contributed by atoms with van der Waals surface area (Å²) >= 11 is 1.70. The highest BCUT2D eigenvalue weighted by atomic mass is 32.1. The molecule has 0 radical (unpaired) electrons. The smallest absolute Gasteiger partial charge is 0.118 e. The van der Waals surface area contributed by atoms with Crippen LogP contribution in [0.4, 0.5) is 0 Å². The van der Waals surface area contributed by atoms with E-state index in [-0.39, 0.29) is 0 Å². The lowest BCUT2D eigenvalue weighted by atomic mass is 10.3. The van der Waals surface area contributed by atoms with Crippen molar-refractivity contribution in [3.63, 3.8) is 0 Å². The second kappa shape index (κ2) is 6.08.